The number of aliphatic hydroxyl groups is 1. The van der Waals surface area contributed by atoms with Crippen LogP contribution in [0.5, 0.6) is 0 Å². The highest BCUT2D eigenvalue weighted by Gasteiger charge is 2.15. The zero-order chi connectivity index (χ0) is 9.14. The van der Waals surface area contributed by atoms with Crippen LogP contribution in [0.2, 0.25) is 0 Å². The molecule has 0 saturated heterocycles. The molecule has 1 aromatic rings. The van der Waals surface area contributed by atoms with Gasteiger partial charge in [0.1, 0.15) is 0 Å². The van der Waals surface area contributed by atoms with E-state index in [9.17, 15) is 5.11 Å². The largest absolute Gasteiger partial charge is 0.388 e. The van der Waals surface area contributed by atoms with Gasteiger partial charge in [-0.15, -0.1) is 0 Å². The van der Waals surface area contributed by atoms with E-state index in [1.165, 1.54) is 0 Å². The molecule has 0 fully saturated rings. The predicted octanol–water partition coefficient (Wildman–Crippen LogP) is 1.50. The molecule has 0 aliphatic heterocycles. The summed E-state index contributed by atoms with van der Waals surface area (Å²) in [5, 5.41) is 13.8. The van der Waals surface area contributed by atoms with E-state index in [4.69, 9.17) is 0 Å². The lowest BCUT2D eigenvalue weighted by atomic mass is 9.98. The fraction of sp³-hybridized carbons (Fsp3) is 0.667. The second-order valence-corrected chi connectivity index (χ2v) is 3.28. The summed E-state index contributed by atoms with van der Waals surface area (Å²) < 4.78 is 1.71. The lowest BCUT2D eigenvalue weighted by Gasteiger charge is -2.14. The standard InChI is InChI=1S/C9H16N2O/c1-4-7(2)9(12)8-5-10-11(3)6-8/h5-7,9,12H,4H2,1-3H3. The maximum Gasteiger partial charge on any atom is 0.0845 e. The van der Waals surface area contributed by atoms with E-state index in [1.54, 1.807) is 10.9 Å². The molecule has 0 saturated carbocycles. The van der Waals surface area contributed by atoms with Gasteiger partial charge < -0.3 is 5.11 Å². The highest BCUT2D eigenvalue weighted by atomic mass is 16.3. The normalized spacial score (nSPS) is 16.0. The van der Waals surface area contributed by atoms with Crippen molar-refractivity contribution in [3.05, 3.63) is 18.0 Å². The van der Waals surface area contributed by atoms with Crippen molar-refractivity contribution in [2.45, 2.75) is 26.4 Å². The molecule has 0 bridgehead atoms. The molecule has 0 spiro atoms. The van der Waals surface area contributed by atoms with Crippen LogP contribution in [0.15, 0.2) is 12.4 Å². The molecule has 0 aromatic carbocycles. The first-order valence-corrected chi connectivity index (χ1v) is 4.31. The highest BCUT2D eigenvalue weighted by Crippen LogP contribution is 2.22. The summed E-state index contributed by atoms with van der Waals surface area (Å²) >= 11 is 0. The third-order valence-corrected chi connectivity index (χ3v) is 2.25. The summed E-state index contributed by atoms with van der Waals surface area (Å²) in [6, 6.07) is 0. The summed E-state index contributed by atoms with van der Waals surface area (Å²) in [6.07, 6.45) is 4.19. The lowest BCUT2D eigenvalue weighted by molar-refractivity contribution is 0.115. The number of aryl methyl sites for hydroxylation is 1. The maximum absolute atomic E-state index is 9.75. The second-order valence-electron chi connectivity index (χ2n) is 3.28. The van der Waals surface area contributed by atoms with Crippen molar-refractivity contribution >= 4 is 0 Å². The minimum absolute atomic E-state index is 0.300. The molecule has 3 nitrogen and oxygen atoms in total. The van der Waals surface area contributed by atoms with Gasteiger partial charge >= 0.3 is 0 Å². The van der Waals surface area contributed by atoms with Gasteiger partial charge in [-0.1, -0.05) is 20.3 Å². The van der Waals surface area contributed by atoms with E-state index >= 15 is 0 Å². The van der Waals surface area contributed by atoms with Gasteiger partial charge in [-0.05, 0) is 5.92 Å². The highest BCUT2D eigenvalue weighted by molar-refractivity contribution is 5.08. The molecule has 0 radical (unpaired) electrons. The Morgan fingerprint density at radius 2 is 2.33 bits per heavy atom. The van der Waals surface area contributed by atoms with Crippen LogP contribution >= 0.6 is 0 Å². The van der Waals surface area contributed by atoms with Crippen LogP contribution in [-0.2, 0) is 7.05 Å². The zero-order valence-electron chi connectivity index (χ0n) is 7.86. The fourth-order valence-corrected chi connectivity index (χ4v) is 1.14. The number of aromatic nitrogens is 2. The number of rotatable bonds is 3. The van der Waals surface area contributed by atoms with E-state index in [1.807, 2.05) is 20.2 Å². The molecule has 3 heteroatoms. The third-order valence-electron chi connectivity index (χ3n) is 2.25. The molecule has 1 aromatic heterocycles. The molecule has 1 heterocycles. The Hall–Kier alpha value is -0.830. The van der Waals surface area contributed by atoms with Gasteiger partial charge in [-0.3, -0.25) is 4.68 Å². The van der Waals surface area contributed by atoms with Gasteiger partial charge in [0.05, 0.1) is 12.3 Å². The molecule has 68 valence electrons. The van der Waals surface area contributed by atoms with Crippen LogP contribution in [0.3, 0.4) is 0 Å². The molecule has 1 rings (SSSR count). The quantitative estimate of drug-likeness (QED) is 0.742. The molecule has 0 aliphatic carbocycles. The number of hydrogen-bond acceptors (Lipinski definition) is 2. The Kier molecular flexibility index (Phi) is 2.87. The first-order valence-electron chi connectivity index (χ1n) is 4.31. The summed E-state index contributed by atoms with van der Waals surface area (Å²) in [7, 11) is 1.85. The molecule has 12 heavy (non-hydrogen) atoms. The van der Waals surface area contributed by atoms with Gasteiger partial charge in [0.2, 0.25) is 0 Å². The molecule has 2 atom stereocenters. The van der Waals surface area contributed by atoms with E-state index in [0.717, 1.165) is 12.0 Å². The number of aliphatic hydroxyl groups excluding tert-OH is 1. The van der Waals surface area contributed by atoms with Crippen molar-refractivity contribution in [3.8, 4) is 0 Å². The summed E-state index contributed by atoms with van der Waals surface area (Å²) in [5.74, 6) is 0.300. The predicted molar refractivity (Wildman–Crippen MR) is 47.6 cm³/mol. The third kappa shape index (κ3) is 1.85. The number of nitrogens with zero attached hydrogens (tertiary/aromatic N) is 2. The maximum atomic E-state index is 9.75. The average Bonchev–Trinajstić information content (AvgIpc) is 2.49. The Balaban J connectivity index is 2.70. The van der Waals surface area contributed by atoms with Crippen molar-refractivity contribution in [3.63, 3.8) is 0 Å². The zero-order valence-corrected chi connectivity index (χ0v) is 7.86. The van der Waals surface area contributed by atoms with Crippen molar-refractivity contribution in [1.29, 1.82) is 0 Å². The lowest BCUT2D eigenvalue weighted by Crippen LogP contribution is -2.06. The van der Waals surface area contributed by atoms with E-state index in [2.05, 4.69) is 12.0 Å². The monoisotopic (exact) mass is 168 g/mol. The smallest absolute Gasteiger partial charge is 0.0845 e. The summed E-state index contributed by atoms with van der Waals surface area (Å²) in [6.45, 7) is 4.11. The van der Waals surface area contributed by atoms with Crippen LogP contribution in [0.25, 0.3) is 0 Å². The summed E-state index contributed by atoms with van der Waals surface area (Å²) in [5.41, 5.74) is 0.909. The van der Waals surface area contributed by atoms with Crippen LogP contribution in [-0.4, -0.2) is 14.9 Å². The summed E-state index contributed by atoms with van der Waals surface area (Å²) in [4.78, 5) is 0. The van der Waals surface area contributed by atoms with Crippen LogP contribution in [0.4, 0.5) is 0 Å². The fourth-order valence-electron chi connectivity index (χ4n) is 1.14. The van der Waals surface area contributed by atoms with Crippen molar-refractivity contribution in [2.75, 3.05) is 0 Å². The van der Waals surface area contributed by atoms with E-state index in [-0.39, 0.29) is 6.10 Å². The van der Waals surface area contributed by atoms with Gasteiger partial charge in [0.25, 0.3) is 0 Å². The Bertz CT molecular complexity index is 244. The first kappa shape index (κ1) is 9.26. The molecule has 1 N–H and O–H groups in total. The van der Waals surface area contributed by atoms with E-state index in [0.29, 0.717) is 5.92 Å². The average molecular weight is 168 g/mol. The van der Waals surface area contributed by atoms with Crippen molar-refractivity contribution < 1.29 is 5.11 Å². The van der Waals surface area contributed by atoms with E-state index < -0.39 is 0 Å². The van der Waals surface area contributed by atoms with Crippen molar-refractivity contribution in [2.24, 2.45) is 13.0 Å². The molecular formula is C9H16N2O. The Morgan fingerprint density at radius 3 is 2.75 bits per heavy atom. The molecule has 2 unspecified atom stereocenters. The minimum Gasteiger partial charge on any atom is -0.388 e. The van der Waals surface area contributed by atoms with Gasteiger partial charge in [0.15, 0.2) is 0 Å². The SMILES string of the molecule is CCC(C)C(O)c1cnn(C)c1. The topological polar surface area (TPSA) is 38.1 Å². The molecular weight excluding hydrogens is 152 g/mol. The van der Waals surface area contributed by atoms with Crippen LogP contribution < -0.4 is 0 Å². The first-order chi connectivity index (χ1) is 5.65. The van der Waals surface area contributed by atoms with Crippen molar-refractivity contribution in [1.82, 2.24) is 9.78 Å². The number of hydrogen-bond donors (Lipinski definition) is 1. The van der Waals surface area contributed by atoms with Gasteiger partial charge in [-0.25, -0.2) is 0 Å². The molecule has 0 aliphatic rings. The van der Waals surface area contributed by atoms with Gasteiger partial charge in [0, 0.05) is 18.8 Å². The minimum atomic E-state index is -0.372. The molecule has 0 amide bonds. The Labute approximate surface area is 73.0 Å². The second kappa shape index (κ2) is 3.72. The van der Waals surface area contributed by atoms with Crippen LogP contribution in [0.1, 0.15) is 31.9 Å². The van der Waals surface area contributed by atoms with Crippen LogP contribution in [0, 0.1) is 5.92 Å². The van der Waals surface area contributed by atoms with Gasteiger partial charge in [-0.2, -0.15) is 5.10 Å². The Morgan fingerprint density at radius 1 is 1.67 bits per heavy atom.